The van der Waals surface area contributed by atoms with Crippen molar-refractivity contribution in [1.29, 1.82) is 0 Å². The van der Waals surface area contributed by atoms with Crippen LogP contribution in [0.2, 0.25) is 0 Å². The summed E-state index contributed by atoms with van der Waals surface area (Å²) < 4.78 is 0. The standard InChI is InChI=1S/3C16H33.H3O2PS2.3Zn/c3*1-3-5-7-9-11-13-15-16-14-12-10-8-6-4-2;1-3(2,4)5;;;/h3*1,3-16H2,2H3;(H3,1,2,4,5);;;/q3*-1;;3*+2/p-3. The Morgan fingerprint density at radius 3 is 0.482 bits per heavy atom. The van der Waals surface area contributed by atoms with Gasteiger partial charge in [-0.05, 0) is 0 Å². The predicted octanol–water partition coefficient (Wildman–Crippen LogP) is 17.4. The van der Waals surface area contributed by atoms with Crippen LogP contribution in [-0.4, -0.2) is 0 Å². The third-order valence-electron chi connectivity index (χ3n) is 10.1. The molecular formula is C48H99O2PS2Zn3. The Kier molecular flexibility index (Phi) is 94.4. The van der Waals surface area contributed by atoms with E-state index in [2.05, 4.69) is 65.6 Å². The normalized spacial score (nSPS) is 10.4. The van der Waals surface area contributed by atoms with Gasteiger partial charge in [0.1, 0.15) is 0 Å². The van der Waals surface area contributed by atoms with E-state index >= 15 is 0 Å². The molecule has 0 spiro atoms. The molecule has 0 radical (unpaired) electrons. The molecule has 0 aromatic heterocycles. The minimum Gasteiger partial charge on any atom is -0.850 e. The number of unbranched alkanes of at least 4 members (excludes halogenated alkanes) is 39. The van der Waals surface area contributed by atoms with Gasteiger partial charge in [-0.3, -0.25) is 0 Å². The van der Waals surface area contributed by atoms with Crippen LogP contribution in [0.1, 0.15) is 290 Å². The molecule has 0 aliphatic carbocycles. The maximum Gasteiger partial charge on any atom is 2.00 e. The van der Waals surface area contributed by atoms with E-state index in [0.29, 0.717) is 0 Å². The van der Waals surface area contributed by atoms with Gasteiger partial charge in [0.2, 0.25) is 0 Å². The fourth-order valence-electron chi connectivity index (χ4n) is 6.58. The third kappa shape index (κ3) is 101. The van der Waals surface area contributed by atoms with E-state index < -0.39 is 5.69 Å². The summed E-state index contributed by atoms with van der Waals surface area (Å²) in [6, 6.07) is 0. The Hall–Kier alpha value is 2.79. The smallest absolute Gasteiger partial charge is 0.850 e. The van der Waals surface area contributed by atoms with E-state index in [0.717, 1.165) is 19.3 Å². The van der Waals surface area contributed by atoms with Crippen molar-refractivity contribution in [3.63, 3.8) is 0 Å². The first kappa shape index (κ1) is 73.2. The zero-order chi connectivity index (χ0) is 40.2. The van der Waals surface area contributed by atoms with E-state index in [1.54, 1.807) is 0 Å². The van der Waals surface area contributed by atoms with Gasteiger partial charge in [0.15, 0.2) is 0 Å². The molecule has 0 rings (SSSR count). The van der Waals surface area contributed by atoms with Gasteiger partial charge in [0.05, 0.1) is 0 Å². The van der Waals surface area contributed by atoms with E-state index in [1.807, 2.05) is 0 Å². The van der Waals surface area contributed by atoms with Crippen LogP contribution >= 0.6 is 5.69 Å². The molecule has 0 fully saturated rings. The van der Waals surface area contributed by atoms with Gasteiger partial charge in [-0.25, -0.2) is 0 Å². The second kappa shape index (κ2) is 72.3. The van der Waals surface area contributed by atoms with Crippen molar-refractivity contribution in [1.82, 2.24) is 0 Å². The Bertz CT molecular complexity index is 512. The average Bonchev–Trinajstić information content (AvgIpc) is 3.13. The molecule has 0 unspecified atom stereocenters. The van der Waals surface area contributed by atoms with Crippen molar-refractivity contribution < 1.29 is 68.2 Å². The van der Waals surface area contributed by atoms with Gasteiger partial charge in [0.25, 0.3) is 0 Å². The van der Waals surface area contributed by atoms with Gasteiger partial charge in [0, 0.05) is 0 Å². The van der Waals surface area contributed by atoms with Crippen molar-refractivity contribution in [2.45, 2.75) is 290 Å². The van der Waals surface area contributed by atoms with Gasteiger partial charge in [-0.1, -0.05) is 271 Å². The van der Waals surface area contributed by atoms with E-state index in [1.165, 1.54) is 250 Å². The van der Waals surface area contributed by atoms with Crippen molar-refractivity contribution in [3.05, 3.63) is 20.8 Å². The minimum atomic E-state index is -3.72. The van der Waals surface area contributed by atoms with Crippen molar-refractivity contribution >= 4 is 29.7 Å². The number of hydrogen-bond donors (Lipinski definition) is 0. The molecule has 0 saturated carbocycles. The number of rotatable bonds is 39. The quantitative estimate of drug-likeness (QED) is 0.0202. The first-order valence-corrected chi connectivity index (χ1v) is 27.5. The van der Waals surface area contributed by atoms with Crippen LogP contribution in [-0.2, 0) is 82.5 Å². The first-order valence-electron chi connectivity index (χ1n) is 23.9. The molecule has 0 bridgehead atoms. The summed E-state index contributed by atoms with van der Waals surface area (Å²) in [6.07, 6.45) is 59.5. The summed E-state index contributed by atoms with van der Waals surface area (Å²) in [5.74, 6) is 0. The molecule has 0 aliphatic heterocycles. The Morgan fingerprint density at radius 1 is 0.304 bits per heavy atom. The second-order valence-electron chi connectivity index (χ2n) is 15.7. The first-order chi connectivity index (χ1) is 25.7. The SMILES string of the molecule is [CH2-]CCCCCCCCCCCCCCC.[CH2-]CCCCCCCCCCCCCCC.[CH2-]CCCCCCCCCCCCCCC.[O-]P([O-])(=S)[S-].[Zn+2].[Zn+2].[Zn+2]. The maximum atomic E-state index is 9.29. The van der Waals surface area contributed by atoms with Gasteiger partial charge in [-0.15, -0.1) is 0 Å². The Balaban J connectivity index is -0.000000118. The minimum absolute atomic E-state index is 0. The third-order valence-corrected chi connectivity index (χ3v) is 10.1. The Morgan fingerprint density at radius 2 is 0.393 bits per heavy atom. The van der Waals surface area contributed by atoms with Crippen LogP contribution < -0.4 is 9.79 Å². The molecule has 0 saturated heterocycles. The van der Waals surface area contributed by atoms with Crippen LogP contribution in [0.3, 0.4) is 0 Å². The molecule has 8 heteroatoms. The van der Waals surface area contributed by atoms with E-state index in [9.17, 15) is 9.79 Å². The molecule has 0 aliphatic rings. The molecule has 0 amide bonds. The molecule has 0 aromatic carbocycles. The zero-order valence-corrected chi connectivity index (χ0v) is 50.5. The summed E-state index contributed by atoms with van der Waals surface area (Å²) in [6.45, 7) is 18.5. The van der Waals surface area contributed by atoms with E-state index in [-0.39, 0.29) is 58.4 Å². The molecule has 0 N–H and O–H groups in total. The van der Waals surface area contributed by atoms with Crippen molar-refractivity contribution in [3.8, 4) is 0 Å². The summed E-state index contributed by atoms with van der Waals surface area (Å²) in [4.78, 5) is 18.6. The van der Waals surface area contributed by atoms with Crippen LogP contribution in [0, 0.1) is 20.8 Å². The molecule has 0 atom stereocenters. The van der Waals surface area contributed by atoms with Crippen LogP contribution in [0.25, 0.3) is 0 Å². The molecular weight excluding hydrogens is 900 g/mol. The molecule has 56 heavy (non-hydrogen) atoms. The van der Waals surface area contributed by atoms with Crippen LogP contribution in [0.15, 0.2) is 0 Å². The molecule has 0 aromatic rings. The van der Waals surface area contributed by atoms with Crippen LogP contribution in [0.4, 0.5) is 0 Å². The van der Waals surface area contributed by atoms with Gasteiger partial charge >= 0.3 is 58.4 Å². The number of hydrogen-bond acceptors (Lipinski definition) is 4. The van der Waals surface area contributed by atoms with Gasteiger partial charge in [-0.2, -0.15) is 31.1 Å². The van der Waals surface area contributed by atoms with E-state index in [4.69, 9.17) is 0 Å². The average molecular weight is 1000 g/mol. The fraction of sp³-hybridized carbons (Fsp3) is 0.938. The summed E-state index contributed by atoms with van der Waals surface area (Å²) in [7, 11) is 0. The summed E-state index contributed by atoms with van der Waals surface area (Å²) in [5, 5.41) is 0. The van der Waals surface area contributed by atoms with Crippen molar-refractivity contribution in [2.75, 3.05) is 0 Å². The summed E-state index contributed by atoms with van der Waals surface area (Å²) >= 11 is 7.28. The Labute approximate surface area is 405 Å². The molecule has 326 valence electrons. The van der Waals surface area contributed by atoms with Crippen molar-refractivity contribution in [2.24, 2.45) is 0 Å². The zero-order valence-electron chi connectivity index (χ0n) is 39.0. The molecule has 0 heterocycles. The largest absolute Gasteiger partial charge is 2.00 e. The topological polar surface area (TPSA) is 46.1 Å². The molecule has 2 nitrogen and oxygen atoms in total. The maximum absolute atomic E-state index is 9.29. The fourth-order valence-corrected chi connectivity index (χ4v) is 6.58. The van der Waals surface area contributed by atoms with Crippen LogP contribution in [0.5, 0.6) is 0 Å². The summed E-state index contributed by atoms with van der Waals surface area (Å²) in [5.41, 5.74) is -3.72. The predicted molar refractivity (Wildman–Crippen MR) is 249 cm³/mol. The monoisotopic (exact) mass is 994 g/mol. The second-order valence-corrected chi connectivity index (χ2v) is 20.2. The van der Waals surface area contributed by atoms with Gasteiger partial charge < -0.3 is 48.5 Å².